The minimum absolute atomic E-state index is 0. The molecule has 0 radical (unpaired) electrons. The van der Waals surface area contributed by atoms with Gasteiger partial charge in [-0.15, -0.1) is 0 Å². The molecule has 0 bridgehead atoms. The Morgan fingerprint density at radius 1 is 1.10 bits per heavy atom. The molecule has 7 heteroatoms. The molecule has 106 valence electrons. The second-order valence-electron chi connectivity index (χ2n) is 4.81. The maximum Gasteiger partial charge on any atom is 1.00 e. The fraction of sp³-hybridized carbons (Fsp3) is 0.214. The summed E-state index contributed by atoms with van der Waals surface area (Å²) in [5.74, 6) is -0.339. The van der Waals surface area contributed by atoms with Gasteiger partial charge in [0.15, 0.2) is 0 Å². The second kappa shape index (κ2) is 6.46. The molecule has 21 heavy (non-hydrogen) atoms. The van der Waals surface area contributed by atoms with Crippen molar-refractivity contribution in [2.24, 2.45) is 0 Å². The van der Waals surface area contributed by atoms with Crippen molar-refractivity contribution in [3.8, 4) is 11.1 Å². The molecule has 0 spiro atoms. The number of amides is 1. The van der Waals surface area contributed by atoms with Crippen LogP contribution in [-0.2, 0) is 10.1 Å². The normalized spacial score (nSPS) is 11.0. The smallest absolute Gasteiger partial charge is 0.744 e. The van der Waals surface area contributed by atoms with E-state index in [9.17, 15) is 17.8 Å². The predicted molar refractivity (Wildman–Crippen MR) is 73.8 cm³/mol. The van der Waals surface area contributed by atoms with Crippen LogP contribution in [0.1, 0.15) is 15.9 Å². The number of carbonyl (C=O) groups excluding carboxylic acids is 1. The van der Waals surface area contributed by atoms with Crippen molar-refractivity contribution >= 4 is 16.0 Å². The van der Waals surface area contributed by atoms with Gasteiger partial charge in [0.1, 0.15) is 10.1 Å². The first kappa shape index (κ1) is 18.1. The van der Waals surface area contributed by atoms with Crippen molar-refractivity contribution in [2.75, 3.05) is 14.1 Å². The zero-order valence-electron chi connectivity index (χ0n) is 12.4. The third kappa shape index (κ3) is 3.64. The molecule has 0 saturated heterocycles. The zero-order chi connectivity index (χ0) is 15.1. The van der Waals surface area contributed by atoms with Crippen LogP contribution in [0.25, 0.3) is 11.1 Å². The Kier molecular flexibility index (Phi) is 5.57. The molecule has 0 N–H and O–H groups in total. The first-order valence-electron chi connectivity index (χ1n) is 5.92. The van der Waals surface area contributed by atoms with Crippen LogP contribution in [0.2, 0.25) is 0 Å². The van der Waals surface area contributed by atoms with Crippen LogP contribution in [-0.4, -0.2) is 37.9 Å². The molecule has 2 aliphatic rings. The topological polar surface area (TPSA) is 77.5 Å². The number of carbonyl (C=O) groups is 1. The summed E-state index contributed by atoms with van der Waals surface area (Å²) in [6, 6.07) is 7.86. The van der Waals surface area contributed by atoms with Crippen molar-refractivity contribution < 1.29 is 47.3 Å². The van der Waals surface area contributed by atoms with Crippen LogP contribution in [0.15, 0.2) is 35.2 Å². The number of aryl methyl sites for hydroxylation is 1. The summed E-state index contributed by atoms with van der Waals surface area (Å²) in [5.41, 5.74) is 1.86. The van der Waals surface area contributed by atoms with Gasteiger partial charge in [-0.3, -0.25) is 4.79 Å². The van der Waals surface area contributed by atoms with Gasteiger partial charge in [-0.2, -0.15) is 0 Å². The quantitative estimate of drug-likeness (QED) is 0.510. The van der Waals surface area contributed by atoms with E-state index >= 15 is 0 Å². The molecule has 1 amide bonds. The number of hydrogen-bond acceptors (Lipinski definition) is 4. The first-order valence-corrected chi connectivity index (χ1v) is 7.33. The first-order chi connectivity index (χ1) is 9.21. The third-order valence-corrected chi connectivity index (χ3v) is 3.93. The number of fused-ring (bicyclic) bond motifs is 1. The number of rotatable bonds is 2. The molecular weight excluding hydrogens is 301 g/mol. The summed E-state index contributed by atoms with van der Waals surface area (Å²) in [4.78, 5) is 13.1. The van der Waals surface area contributed by atoms with Crippen LogP contribution >= 0.6 is 0 Å². The van der Waals surface area contributed by atoms with Crippen molar-refractivity contribution in [3.05, 3.63) is 41.5 Å². The van der Waals surface area contributed by atoms with Crippen LogP contribution in [0.3, 0.4) is 0 Å². The minimum Gasteiger partial charge on any atom is -0.744 e. The molecule has 0 heterocycles. The fourth-order valence-electron chi connectivity index (χ4n) is 2.03. The van der Waals surface area contributed by atoms with Crippen LogP contribution in [0, 0.1) is 6.92 Å². The van der Waals surface area contributed by atoms with E-state index in [1.165, 1.54) is 4.90 Å². The summed E-state index contributed by atoms with van der Waals surface area (Å²) in [6.45, 7) is 1.84. The second-order valence-corrected chi connectivity index (χ2v) is 6.16. The van der Waals surface area contributed by atoms with Crippen molar-refractivity contribution in [1.82, 2.24) is 4.90 Å². The molecule has 0 atom stereocenters. The maximum atomic E-state index is 12.1. The Morgan fingerprint density at radius 2 is 1.62 bits per heavy atom. The molecule has 5 nitrogen and oxygen atoms in total. The molecular formula is C14H14NNaO4S. The van der Waals surface area contributed by atoms with E-state index in [-0.39, 0.29) is 51.5 Å². The Morgan fingerprint density at radius 3 is 2.10 bits per heavy atom. The van der Waals surface area contributed by atoms with Gasteiger partial charge in [-0.05, 0) is 18.6 Å². The summed E-state index contributed by atoms with van der Waals surface area (Å²) < 4.78 is 34.1. The van der Waals surface area contributed by atoms with Gasteiger partial charge >= 0.3 is 29.6 Å². The van der Waals surface area contributed by atoms with Gasteiger partial charge in [0, 0.05) is 25.2 Å². The van der Waals surface area contributed by atoms with Gasteiger partial charge in [-0.1, -0.05) is 29.8 Å². The standard InChI is InChI=1S/C14H15NO4S.Na/c1-9-4-6-10-11(7-5-9)13(20(17,18)19)8-12(10)14(16)15(2)3;/h4-8H,1-3H3,(H,17,18,19);/q;+1/p-1. The fourth-order valence-corrected chi connectivity index (χ4v) is 2.74. The van der Waals surface area contributed by atoms with Gasteiger partial charge < -0.3 is 9.45 Å². The molecule has 0 fully saturated rings. The predicted octanol–water partition coefficient (Wildman–Crippen LogP) is -1.29. The van der Waals surface area contributed by atoms with E-state index in [1.807, 2.05) is 6.92 Å². The largest absolute Gasteiger partial charge is 1.00 e. The molecule has 0 aromatic heterocycles. The maximum absolute atomic E-state index is 12.1. The van der Waals surface area contributed by atoms with Crippen LogP contribution < -0.4 is 29.6 Å². The molecule has 0 saturated carbocycles. The molecule has 0 aliphatic heterocycles. The van der Waals surface area contributed by atoms with Gasteiger partial charge in [0.25, 0.3) is 5.91 Å². The van der Waals surface area contributed by atoms with E-state index in [1.54, 1.807) is 38.4 Å². The van der Waals surface area contributed by atoms with Gasteiger partial charge in [-0.25, -0.2) is 8.42 Å². The SMILES string of the molecule is Cc1ccc2c(C(=O)N(C)C)cc(S(=O)(=O)[O-])c-2cc1.[Na+]. The monoisotopic (exact) mass is 315 g/mol. The van der Waals surface area contributed by atoms with Crippen LogP contribution in [0.4, 0.5) is 0 Å². The Labute approximate surface area is 146 Å². The average Bonchev–Trinajstić information content (AvgIpc) is 2.61. The molecule has 0 aromatic carbocycles. The van der Waals surface area contributed by atoms with E-state index in [2.05, 4.69) is 0 Å². The van der Waals surface area contributed by atoms with E-state index in [0.29, 0.717) is 5.56 Å². The summed E-state index contributed by atoms with van der Waals surface area (Å²) in [7, 11) is -1.49. The summed E-state index contributed by atoms with van der Waals surface area (Å²) in [6.07, 6.45) is 0. The van der Waals surface area contributed by atoms with E-state index < -0.39 is 10.1 Å². The van der Waals surface area contributed by atoms with Crippen molar-refractivity contribution in [3.63, 3.8) is 0 Å². The minimum atomic E-state index is -4.63. The van der Waals surface area contributed by atoms with Gasteiger partial charge in [0.2, 0.25) is 0 Å². The Balaban J connectivity index is 0.00000220. The Hall–Kier alpha value is -0.920. The third-order valence-electron chi connectivity index (χ3n) is 3.05. The summed E-state index contributed by atoms with van der Waals surface area (Å²) >= 11 is 0. The number of nitrogens with zero attached hydrogens (tertiary/aromatic N) is 1. The van der Waals surface area contributed by atoms with Crippen molar-refractivity contribution in [2.45, 2.75) is 11.8 Å². The Bertz CT molecular complexity index is 756. The molecule has 2 rings (SSSR count). The van der Waals surface area contributed by atoms with Gasteiger partial charge in [0.05, 0.1) is 4.90 Å². The molecule has 0 aromatic rings. The van der Waals surface area contributed by atoms with Crippen molar-refractivity contribution in [1.29, 1.82) is 0 Å². The van der Waals surface area contributed by atoms with E-state index in [0.717, 1.165) is 11.6 Å². The van der Waals surface area contributed by atoms with E-state index in [4.69, 9.17) is 0 Å². The van der Waals surface area contributed by atoms with Crippen LogP contribution in [0.5, 0.6) is 0 Å². The molecule has 2 aliphatic carbocycles. The number of hydrogen-bond donors (Lipinski definition) is 0. The average molecular weight is 315 g/mol. The zero-order valence-corrected chi connectivity index (χ0v) is 15.2. The molecule has 0 unspecified atom stereocenters. The summed E-state index contributed by atoms with van der Waals surface area (Å²) in [5, 5.41) is 0.